The van der Waals surface area contributed by atoms with Gasteiger partial charge in [-0.05, 0) is 49.2 Å². The fourth-order valence-electron chi connectivity index (χ4n) is 2.68. The molecule has 0 aliphatic rings. The zero-order valence-corrected chi connectivity index (χ0v) is 16.5. The highest BCUT2D eigenvalue weighted by Crippen LogP contribution is 2.39. The van der Waals surface area contributed by atoms with E-state index in [1.807, 2.05) is 32.0 Å². The van der Waals surface area contributed by atoms with E-state index in [4.69, 9.17) is 18.9 Å². The second-order valence-corrected chi connectivity index (χ2v) is 6.00. The topological polar surface area (TPSA) is 95.1 Å². The van der Waals surface area contributed by atoms with Gasteiger partial charge in [0, 0.05) is 0 Å². The summed E-state index contributed by atoms with van der Waals surface area (Å²) in [6, 6.07) is 8.74. The largest absolute Gasteiger partial charge is 0.493 e. The molecule has 0 saturated carbocycles. The van der Waals surface area contributed by atoms with E-state index in [1.54, 1.807) is 6.07 Å². The molecular formula is C20H24N2O6. The maximum atomic E-state index is 12.4. The van der Waals surface area contributed by atoms with Crippen LogP contribution in [0.5, 0.6) is 23.0 Å². The summed E-state index contributed by atoms with van der Waals surface area (Å²) in [5.74, 6) is 0.397. The molecule has 0 unspecified atom stereocenters. The van der Waals surface area contributed by atoms with E-state index < -0.39 is 11.8 Å². The van der Waals surface area contributed by atoms with Crippen LogP contribution < -0.4 is 29.8 Å². The van der Waals surface area contributed by atoms with Gasteiger partial charge in [0.2, 0.25) is 5.75 Å². The van der Waals surface area contributed by atoms with Crippen LogP contribution in [-0.4, -0.2) is 39.8 Å². The number of carbonyl (C=O) groups is 2. The molecule has 28 heavy (non-hydrogen) atoms. The molecular weight excluding hydrogens is 364 g/mol. The molecule has 0 radical (unpaired) electrons. The molecule has 2 aromatic carbocycles. The third-order valence-corrected chi connectivity index (χ3v) is 3.83. The molecule has 0 heterocycles. The Labute approximate surface area is 163 Å². The Morgan fingerprint density at radius 1 is 0.857 bits per heavy atom. The highest BCUT2D eigenvalue weighted by Gasteiger charge is 2.21. The van der Waals surface area contributed by atoms with E-state index in [0.29, 0.717) is 11.5 Å². The minimum absolute atomic E-state index is 0.177. The van der Waals surface area contributed by atoms with Gasteiger partial charge >= 0.3 is 0 Å². The molecule has 150 valence electrons. The van der Waals surface area contributed by atoms with Crippen LogP contribution >= 0.6 is 0 Å². The van der Waals surface area contributed by atoms with Crippen molar-refractivity contribution >= 4 is 11.8 Å². The van der Waals surface area contributed by atoms with Gasteiger partial charge in [-0.15, -0.1) is 0 Å². The van der Waals surface area contributed by atoms with E-state index in [9.17, 15) is 9.59 Å². The zero-order valence-electron chi connectivity index (χ0n) is 16.5. The van der Waals surface area contributed by atoms with Gasteiger partial charge in [-0.2, -0.15) is 0 Å². The number of ether oxygens (including phenoxy) is 4. The molecule has 0 saturated heterocycles. The number of hydrazine groups is 1. The molecule has 0 aliphatic carbocycles. The Kier molecular flexibility index (Phi) is 7.08. The van der Waals surface area contributed by atoms with Crippen LogP contribution in [0.1, 0.15) is 21.5 Å². The average Bonchev–Trinajstić information content (AvgIpc) is 2.68. The van der Waals surface area contributed by atoms with Crippen molar-refractivity contribution in [2.24, 2.45) is 0 Å². The van der Waals surface area contributed by atoms with Crippen LogP contribution in [0.2, 0.25) is 0 Å². The van der Waals surface area contributed by atoms with E-state index in [-0.39, 0.29) is 23.7 Å². The lowest BCUT2D eigenvalue weighted by Crippen LogP contribution is -2.43. The van der Waals surface area contributed by atoms with E-state index in [0.717, 1.165) is 11.1 Å². The van der Waals surface area contributed by atoms with Crippen LogP contribution in [0.25, 0.3) is 0 Å². The first-order chi connectivity index (χ1) is 13.4. The Hall–Kier alpha value is -3.42. The number of amides is 2. The van der Waals surface area contributed by atoms with E-state index >= 15 is 0 Å². The standard InChI is InChI=1S/C20H24N2O6/c1-12-8-13(2)10-14(9-12)28-11-17(23)21-22-20(24)15-6-7-16(25-3)19(27-5)18(15)26-4/h6-10H,11H2,1-5H3,(H,21,23)(H,22,24). The summed E-state index contributed by atoms with van der Waals surface area (Å²) < 4.78 is 21.1. The summed E-state index contributed by atoms with van der Waals surface area (Å²) in [5.41, 5.74) is 6.87. The van der Waals surface area contributed by atoms with E-state index in [1.165, 1.54) is 27.4 Å². The Balaban J connectivity index is 1.98. The van der Waals surface area contributed by atoms with Crippen molar-refractivity contribution in [1.82, 2.24) is 10.9 Å². The van der Waals surface area contributed by atoms with Gasteiger partial charge in [0.1, 0.15) is 5.75 Å². The number of aryl methyl sites for hydroxylation is 2. The van der Waals surface area contributed by atoms with Gasteiger partial charge in [-0.25, -0.2) is 0 Å². The van der Waals surface area contributed by atoms with Crippen molar-refractivity contribution < 1.29 is 28.5 Å². The second kappa shape index (κ2) is 9.50. The Bertz CT molecular complexity index is 846. The highest BCUT2D eigenvalue weighted by atomic mass is 16.5. The van der Waals surface area contributed by atoms with E-state index in [2.05, 4.69) is 10.9 Å². The summed E-state index contributed by atoms with van der Waals surface area (Å²) in [6.45, 7) is 3.64. The van der Waals surface area contributed by atoms with Crippen molar-refractivity contribution in [2.75, 3.05) is 27.9 Å². The number of benzene rings is 2. The fraction of sp³-hybridized carbons (Fsp3) is 0.300. The SMILES string of the molecule is COc1ccc(C(=O)NNC(=O)COc2cc(C)cc(C)c2)c(OC)c1OC. The number of carbonyl (C=O) groups excluding carboxylic acids is 2. The molecule has 2 N–H and O–H groups in total. The molecule has 2 aromatic rings. The summed E-state index contributed by atoms with van der Waals surface area (Å²) in [6.07, 6.45) is 0. The van der Waals surface area contributed by atoms with Gasteiger partial charge in [0.25, 0.3) is 11.8 Å². The average molecular weight is 388 g/mol. The second-order valence-electron chi connectivity index (χ2n) is 6.00. The van der Waals surface area contributed by atoms with Gasteiger partial charge in [0.05, 0.1) is 26.9 Å². The lowest BCUT2D eigenvalue weighted by atomic mass is 10.1. The monoisotopic (exact) mass is 388 g/mol. The third kappa shape index (κ3) is 5.06. The molecule has 8 nitrogen and oxygen atoms in total. The quantitative estimate of drug-likeness (QED) is 0.706. The lowest BCUT2D eigenvalue weighted by molar-refractivity contribution is -0.123. The fourth-order valence-corrected chi connectivity index (χ4v) is 2.68. The number of nitrogens with one attached hydrogen (secondary N) is 2. The van der Waals surface area contributed by atoms with Crippen LogP contribution in [-0.2, 0) is 4.79 Å². The highest BCUT2D eigenvalue weighted by molar-refractivity contribution is 5.99. The minimum atomic E-state index is -0.572. The Morgan fingerprint density at radius 3 is 2.07 bits per heavy atom. The third-order valence-electron chi connectivity index (χ3n) is 3.83. The molecule has 2 amide bonds. The number of hydrogen-bond acceptors (Lipinski definition) is 6. The maximum absolute atomic E-state index is 12.4. The molecule has 2 rings (SSSR count). The first-order valence-electron chi connectivity index (χ1n) is 8.48. The molecule has 0 aromatic heterocycles. The summed E-state index contributed by atoms with van der Waals surface area (Å²) >= 11 is 0. The first-order valence-corrected chi connectivity index (χ1v) is 8.48. The van der Waals surface area contributed by atoms with Crippen molar-refractivity contribution in [3.05, 3.63) is 47.0 Å². The van der Waals surface area contributed by atoms with Gasteiger partial charge < -0.3 is 18.9 Å². The molecule has 0 fully saturated rings. The summed E-state index contributed by atoms with van der Waals surface area (Å²) in [4.78, 5) is 24.4. The number of methoxy groups -OCH3 is 3. The predicted octanol–water partition coefficient (Wildman–Crippen LogP) is 2.17. The van der Waals surface area contributed by atoms with Crippen LogP contribution in [0.15, 0.2) is 30.3 Å². The van der Waals surface area contributed by atoms with Gasteiger partial charge in [-0.1, -0.05) is 6.07 Å². The minimum Gasteiger partial charge on any atom is -0.493 e. The van der Waals surface area contributed by atoms with Crippen molar-refractivity contribution in [3.63, 3.8) is 0 Å². The lowest BCUT2D eigenvalue weighted by Gasteiger charge is -2.15. The summed E-state index contributed by atoms with van der Waals surface area (Å²) in [5, 5.41) is 0. The molecule has 0 aliphatic heterocycles. The maximum Gasteiger partial charge on any atom is 0.276 e. The van der Waals surface area contributed by atoms with Crippen molar-refractivity contribution in [3.8, 4) is 23.0 Å². The molecule has 0 atom stereocenters. The Morgan fingerprint density at radius 2 is 1.50 bits per heavy atom. The van der Waals surface area contributed by atoms with Gasteiger partial charge in [-0.3, -0.25) is 20.4 Å². The normalized spacial score (nSPS) is 10.0. The zero-order chi connectivity index (χ0) is 20.7. The smallest absolute Gasteiger partial charge is 0.276 e. The van der Waals surface area contributed by atoms with Crippen LogP contribution in [0.4, 0.5) is 0 Å². The predicted molar refractivity (Wildman–Crippen MR) is 103 cm³/mol. The molecule has 0 spiro atoms. The first kappa shape index (κ1) is 20.9. The molecule has 0 bridgehead atoms. The van der Waals surface area contributed by atoms with Crippen LogP contribution in [0.3, 0.4) is 0 Å². The molecule has 8 heteroatoms. The number of rotatable bonds is 7. The van der Waals surface area contributed by atoms with Crippen molar-refractivity contribution in [2.45, 2.75) is 13.8 Å². The van der Waals surface area contributed by atoms with Crippen LogP contribution in [0, 0.1) is 13.8 Å². The van der Waals surface area contributed by atoms with Crippen molar-refractivity contribution in [1.29, 1.82) is 0 Å². The number of hydrogen-bond donors (Lipinski definition) is 2. The summed E-state index contributed by atoms with van der Waals surface area (Å²) in [7, 11) is 4.32. The van der Waals surface area contributed by atoms with Gasteiger partial charge in [0.15, 0.2) is 18.1 Å².